The fourth-order valence-electron chi connectivity index (χ4n) is 2.51. The lowest BCUT2D eigenvalue weighted by molar-refractivity contribution is -0.137. The summed E-state index contributed by atoms with van der Waals surface area (Å²) < 4.78 is 11.3. The van der Waals surface area contributed by atoms with Gasteiger partial charge in [-0.05, 0) is 19.9 Å². The molecule has 0 spiro atoms. The topological polar surface area (TPSA) is 46.3 Å². The molecule has 5 heteroatoms. The van der Waals surface area contributed by atoms with Gasteiger partial charge < -0.3 is 19.8 Å². The Labute approximate surface area is 123 Å². The maximum absolute atomic E-state index is 6.37. The van der Waals surface area contributed by atoms with Crippen LogP contribution in [0, 0.1) is 0 Å². The van der Waals surface area contributed by atoms with Crippen molar-refractivity contribution in [3.8, 4) is 0 Å². The highest BCUT2D eigenvalue weighted by atomic mass is 35.5. The molecule has 1 aromatic heterocycles. The van der Waals surface area contributed by atoms with Gasteiger partial charge in [0.15, 0.2) is 5.79 Å². The van der Waals surface area contributed by atoms with E-state index in [4.69, 9.17) is 21.1 Å². The largest absolute Gasteiger partial charge is 0.356 e. The molecule has 0 aliphatic carbocycles. The number of nitrogens with one attached hydrogen (secondary N) is 2. The van der Waals surface area contributed by atoms with Crippen molar-refractivity contribution < 1.29 is 9.47 Å². The lowest BCUT2D eigenvalue weighted by atomic mass is 10.2. The van der Waals surface area contributed by atoms with Crippen LogP contribution in [0.25, 0.3) is 10.9 Å². The van der Waals surface area contributed by atoms with Gasteiger partial charge in [-0.1, -0.05) is 29.8 Å². The van der Waals surface area contributed by atoms with Crippen molar-refractivity contribution in [2.75, 3.05) is 13.2 Å². The van der Waals surface area contributed by atoms with Crippen molar-refractivity contribution >= 4 is 22.5 Å². The van der Waals surface area contributed by atoms with Gasteiger partial charge in [-0.2, -0.15) is 0 Å². The molecular weight excluding hydrogens is 276 g/mol. The van der Waals surface area contributed by atoms with Gasteiger partial charge in [-0.15, -0.1) is 0 Å². The van der Waals surface area contributed by atoms with Gasteiger partial charge in [0.05, 0.1) is 17.7 Å². The Hall–Kier alpha value is -1.07. The molecule has 1 unspecified atom stereocenters. The van der Waals surface area contributed by atoms with Crippen molar-refractivity contribution in [2.24, 2.45) is 0 Å². The number of hydrogen-bond donors (Lipinski definition) is 2. The predicted octanol–water partition coefficient (Wildman–Crippen LogP) is 3.06. The Kier molecular flexibility index (Phi) is 3.73. The third kappa shape index (κ3) is 2.83. The molecule has 0 bridgehead atoms. The molecule has 4 nitrogen and oxygen atoms in total. The third-order valence-corrected chi connectivity index (χ3v) is 3.89. The van der Waals surface area contributed by atoms with Crippen LogP contribution in [0.3, 0.4) is 0 Å². The summed E-state index contributed by atoms with van der Waals surface area (Å²) in [7, 11) is 0. The number of rotatable bonds is 4. The lowest BCUT2D eigenvalue weighted by Gasteiger charge is -2.17. The molecule has 1 aromatic carbocycles. The van der Waals surface area contributed by atoms with E-state index < -0.39 is 5.79 Å². The van der Waals surface area contributed by atoms with Crippen LogP contribution >= 0.6 is 11.6 Å². The van der Waals surface area contributed by atoms with E-state index in [-0.39, 0.29) is 6.10 Å². The zero-order valence-electron chi connectivity index (χ0n) is 11.7. The fraction of sp³-hybridized carbons (Fsp3) is 0.467. The summed E-state index contributed by atoms with van der Waals surface area (Å²) in [6, 6.07) is 8.04. The second kappa shape index (κ2) is 5.37. The Bertz CT molecular complexity index is 609. The normalized spacial score (nSPS) is 21.6. The first-order valence-electron chi connectivity index (χ1n) is 6.83. The zero-order chi connectivity index (χ0) is 14.2. The van der Waals surface area contributed by atoms with Crippen LogP contribution in [0.15, 0.2) is 24.3 Å². The van der Waals surface area contributed by atoms with Gasteiger partial charge >= 0.3 is 0 Å². The minimum atomic E-state index is -0.467. The summed E-state index contributed by atoms with van der Waals surface area (Å²) in [4.78, 5) is 3.34. The molecule has 1 fully saturated rings. The Balaban J connectivity index is 1.59. The van der Waals surface area contributed by atoms with Crippen LogP contribution in [0.1, 0.15) is 19.5 Å². The van der Waals surface area contributed by atoms with Gasteiger partial charge in [-0.25, -0.2) is 0 Å². The Morgan fingerprint density at radius 2 is 2.20 bits per heavy atom. The molecule has 0 amide bonds. The van der Waals surface area contributed by atoms with Crippen molar-refractivity contribution in [1.82, 2.24) is 10.3 Å². The minimum absolute atomic E-state index is 0.0909. The highest BCUT2D eigenvalue weighted by Gasteiger charge is 2.32. The number of aromatic amines is 1. The number of aromatic nitrogens is 1. The quantitative estimate of drug-likeness (QED) is 0.911. The molecule has 2 heterocycles. The number of H-pyrrole nitrogens is 1. The van der Waals surface area contributed by atoms with Crippen molar-refractivity contribution in [3.63, 3.8) is 0 Å². The standard InChI is InChI=1S/C15H19ClN2O2/c1-15(2)19-9-10(20-15)7-17-8-13-14(16)11-5-3-4-6-12(11)18-13/h3-6,10,17-18H,7-9H2,1-2H3. The minimum Gasteiger partial charge on any atom is -0.356 e. The number of hydrogen-bond acceptors (Lipinski definition) is 3. The SMILES string of the molecule is CC1(C)OCC(CNCc2[nH]c3ccccc3c2Cl)O1. The average molecular weight is 295 g/mol. The van der Waals surface area contributed by atoms with E-state index in [1.54, 1.807) is 0 Å². The monoisotopic (exact) mass is 294 g/mol. The number of ether oxygens (including phenoxy) is 2. The zero-order valence-corrected chi connectivity index (χ0v) is 12.5. The van der Waals surface area contributed by atoms with Crippen LogP contribution < -0.4 is 5.32 Å². The molecular formula is C15H19ClN2O2. The van der Waals surface area contributed by atoms with Crippen molar-refractivity contribution in [3.05, 3.63) is 35.0 Å². The number of benzene rings is 1. The first-order chi connectivity index (χ1) is 9.55. The van der Waals surface area contributed by atoms with Gasteiger partial charge in [0, 0.05) is 29.7 Å². The summed E-state index contributed by atoms with van der Waals surface area (Å²) in [5, 5.41) is 5.21. The molecule has 3 rings (SSSR count). The average Bonchev–Trinajstić information content (AvgIpc) is 2.91. The van der Waals surface area contributed by atoms with Gasteiger partial charge in [0.1, 0.15) is 0 Å². The number of para-hydroxylation sites is 1. The first-order valence-corrected chi connectivity index (χ1v) is 7.20. The molecule has 1 aliphatic rings. The maximum Gasteiger partial charge on any atom is 0.163 e. The van der Waals surface area contributed by atoms with E-state index in [2.05, 4.69) is 10.3 Å². The van der Waals surface area contributed by atoms with Crippen LogP contribution in [-0.4, -0.2) is 30.0 Å². The molecule has 108 valence electrons. The molecule has 0 radical (unpaired) electrons. The van der Waals surface area contributed by atoms with E-state index in [0.29, 0.717) is 13.2 Å². The maximum atomic E-state index is 6.37. The van der Waals surface area contributed by atoms with E-state index in [0.717, 1.165) is 28.2 Å². The van der Waals surface area contributed by atoms with Crippen LogP contribution in [0.2, 0.25) is 5.02 Å². The second-order valence-electron chi connectivity index (χ2n) is 5.54. The lowest BCUT2D eigenvalue weighted by Crippen LogP contribution is -2.30. The summed E-state index contributed by atoms with van der Waals surface area (Å²) in [5.74, 6) is -0.467. The highest BCUT2D eigenvalue weighted by molar-refractivity contribution is 6.36. The summed E-state index contributed by atoms with van der Waals surface area (Å²) in [5.41, 5.74) is 2.07. The van der Waals surface area contributed by atoms with Crippen LogP contribution in [-0.2, 0) is 16.0 Å². The molecule has 1 aliphatic heterocycles. The van der Waals surface area contributed by atoms with Crippen LogP contribution in [0.5, 0.6) is 0 Å². The molecule has 2 N–H and O–H groups in total. The van der Waals surface area contributed by atoms with Gasteiger partial charge in [-0.3, -0.25) is 0 Å². The van der Waals surface area contributed by atoms with E-state index in [1.165, 1.54) is 0 Å². The van der Waals surface area contributed by atoms with Crippen molar-refractivity contribution in [2.45, 2.75) is 32.3 Å². The van der Waals surface area contributed by atoms with E-state index in [9.17, 15) is 0 Å². The fourth-order valence-corrected chi connectivity index (χ4v) is 2.79. The third-order valence-electron chi connectivity index (χ3n) is 3.46. The summed E-state index contributed by atoms with van der Waals surface area (Å²) in [6.45, 7) is 5.92. The Morgan fingerprint density at radius 1 is 1.40 bits per heavy atom. The summed E-state index contributed by atoms with van der Waals surface area (Å²) in [6.07, 6.45) is 0.0909. The Morgan fingerprint density at radius 3 is 2.90 bits per heavy atom. The van der Waals surface area contributed by atoms with E-state index >= 15 is 0 Å². The van der Waals surface area contributed by atoms with Crippen molar-refractivity contribution in [1.29, 1.82) is 0 Å². The molecule has 2 aromatic rings. The van der Waals surface area contributed by atoms with Crippen LogP contribution in [0.4, 0.5) is 0 Å². The summed E-state index contributed by atoms with van der Waals surface area (Å²) >= 11 is 6.37. The highest BCUT2D eigenvalue weighted by Crippen LogP contribution is 2.27. The second-order valence-corrected chi connectivity index (χ2v) is 5.92. The molecule has 1 saturated heterocycles. The van der Waals surface area contributed by atoms with Gasteiger partial charge in [0.25, 0.3) is 0 Å². The van der Waals surface area contributed by atoms with E-state index in [1.807, 2.05) is 38.1 Å². The molecule has 20 heavy (non-hydrogen) atoms. The smallest absolute Gasteiger partial charge is 0.163 e. The number of halogens is 1. The number of fused-ring (bicyclic) bond motifs is 1. The molecule has 1 atom stereocenters. The molecule has 0 saturated carbocycles. The predicted molar refractivity (Wildman–Crippen MR) is 79.9 cm³/mol. The van der Waals surface area contributed by atoms with Gasteiger partial charge in [0.2, 0.25) is 0 Å². The first kappa shape index (κ1) is 13.9.